The molecule has 2 N–H and O–H groups in total. The van der Waals surface area contributed by atoms with Crippen LogP contribution in [0.4, 0.5) is 0 Å². The van der Waals surface area contributed by atoms with Gasteiger partial charge in [-0.05, 0) is 91.3 Å². The average molecular weight is 589 g/mol. The summed E-state index contributed by atoms with van der Waals surface area (Å²) in [5, 5.41) is 20.3. The van der Waals surface area contributed by atoms with E-state index in [0.29, 0.717) is 11.8 Å². The van der Waals surface area contributed by atoms with E-state index in [1.807, 2.05) is 0 Å². The van der Waals surface area contributed by atoms with Crippen molar-refractivity contribution in [2.45, 2.75) is 191 Å². The highest BCUT2D eigenvalue weighted by molar-refractivity contribution is 5.15. The van der Waals surface area contributed by atoms with Crippen LogP contribution in [0.5, 0.6) is 0 Å². The van der Waals surface area contributed by atoms with Crippen LogP contribution in [-0.2, 0) is 0 Å². The third kappa shape index (κ3) is 13.3. The smallest absolute Gasteiger partial charge is 0.0728 e. The van der Waals surface area contributed by atoms with Gasteiger partial charge < -0.3 is 10.2 Å². The van der Waals surface area contributed by atoms with E-state index >= 15 is 0 Å². The molecule has 0 bridgehead atoms. The Labute approximate surface area is 264 Å². The molecule has 9 atom stereocenters. The molecule has 0 amide bonds. The Morgan fingerprint density at radius 2 is 1.12 bits per heavy atom. The molecule has 0 heterocycles. The van der Waals surface area contributed by atoms with Crippen molar-refractivity contribution in [2.75, 3.05) is 0 Å². The lowest BCUT2D eigenvalue weighted by Gasteiger charge is -2.45. The van der Waals surface area contributed by atoms with Crippen LogP contribution in [0.2, 0.25) is 0 Å². The topological polar surface area (TPSA) is 40.5 Å². The van der Waals surface area contributed by atoms with Crippen LogP contribution in [0, 0.1) is 52.3 Å². The Kier molecular flexibility index (Phi) is 16.2. The van der Waals surface area contributed by atoms with Gasteiger partial charge in [-0.1, -0.05) is 151 Å². The van der Waals surface area contributed by atoms with Crippen LogP contribution in [0.25, 0.3) is 0 Å². The quantitative estimate of drug-likeness (QED) is 0.116. The van der Waals surface area contributed by atoms with Crippen LogP contribution in [0.1, 0.15) is 178 Å². The highest BCUT2D eigenvalue weighted by Crippen LogP contribution is 2.47. The van der Waals surface area contributed by atoms with E-state index in [1.54, 1.807) is 0 Å². The fourth-order valence-corrected chi connectivity index (χ4v) is 9.38. The zero-order valence-corrected chi connectivity index (χ0v) is 30.2. The molecule has 0 saturated heterocycles. The molecular weight excluding hydrogens is 512 g/mol. The van der Waals surface area contributed by atoms with Crippen molar-refractivity contribution < 1.29 is 10.2 Å². The van der Waals surface area contributed by atoms with E-state index in [4.69, 9.17) is 0 Å². The minimum absolute atomic E-state index is 0.0863. The molecule has 0 radical (unpaired) electrons. The number of hydrogen-bond donors (Lipinski definition) is 2. The van der Waals surface area contributed by atoms with Gasteiger partial charge in [0, 0.05) is 0 Å². The van der Waals surface area contributed by atoms with E-state index < -0.39 is 0 Å². The highest BCUT2D eigenvalue weighted by Gasteiger charge is 2.40. The maximum Gasteiger partial charge on any atom is 0.0728 e. The molecule has 2 rings (SSSR count). The van der Waals surface area contributed by atoms with Crippen molar-refractivity contribution in [1.29, 1.82) is 0 Å². The van der Waals surface area contributed by atoms with E-state index in [0.717, 1.165) is 48.9 Å². The number of rotatable bonds is 19. The summed E-state index contributed by atoms with van der Waals surface area (Å²) in [6, 6.07) is 0. The third-order valence-electron chi connectivity index (χ3n) is 12.1. The maximum absolute atomic E-state index is 10.2. The van der Waals surface area contributed by atoms with Crippen molar-refractivity contribution in [3.63, 3.8) is 0 Å². The summed E-state index contributed by atoms with van der Waals surface area (Å²) in [6.45, 7) is 24.0. The molecule has 2 nitrogen and oxygen atoms in total. The fourth-order valence-electron chi connectivity index (χ4n) is 9.38. The van der Waals surface area contributed by atoms with Crippen LogP contribution in [0.15, 0.2) is 11.6 Å². The second kappa shape index (κ2) is 18.0. The minimum atomic E-state index is -0.247. The lowest BCUT2D eigenvalue weighted by Crippen LogP contribution is -2.40. The van der Waals surface area contributed by atoms with Crippen molar-refractivity contribution >= 4 is 0 Å². The maximum atomic E-state index is 10.2. The van der Waals surface area contributed by atoms with Crippen molar-refractivity contribution in [3.05, 3.63) is 11.6 Å². The fraction of sp³-hybridized carbons (Fsp3) is 0.950. The Morgan fingerprint density at radius 1 is 0.667 bits per heavy atom. The molecule has 2 aliphatic rings. The first-order chi connectivity index (χ1) is 19.6. The summed E-state index contributed by atoms with van der Waals surface area (Å²) < 4.78 is 0. The lowest BCUT2D eigenvalue weighted by atomic mass is 9.61. The third-order valence-corrected chi connectivity index (χ3v) is 12.1. The zero-order chi connectivity index (χ0) is 31.5. The number of hydrogen-bond acceptors (Lipinski definition) is 2. The van der Waals surface area contributed by atoms with Gasteiger partial charge in [-0.3, -0.25) is 0 Å². The molecule has 0 aromatic rings. The van der Waals surface area contributed by atoms with Crippen LogP contribution in [0.3, 0.4) is 0 Å². The highest BCUT2D eigenvalue weighted by atomic mass is 16.3. The molecule has 2 aliphatic carbocycles. The number of unbranched alkanes of at least 4 members (excludes halogenated alkanes) is 1. The average Bonchev–Trinajstić information content (AvgIpc) is 2.84. The molecule has 248 valence electrons. The van der Waals surface area contributed by atoms with Gasteiger partial charge in [0.1, 0.15) is 0 Å². The van der Waals surface area contributed by atoms with Gasteiger partial charge in [0.2, 0.25) is 0 Å². The predicted molar refractivity (Wildman–Crippen MR) is 185 cm³/mol. The van der Waals surface area contributed by atoms with Gasteiger partial charge in [-0.2, -0.15) is 0 Å². The summed E-state index contributed by atoms with van der Waals surface area (Å²) in [7, 11) is 0. The Bertz CT molecular complexity index is 766. The normalized spacial score (nSPS) is 30.4. The second-order valence-electron chi connectivity index (χ2n) is 17.6. The summed E-state index contributed by atoms with van der Waals surface area (Å²) >= 11 is 0. The monoisotopic (exact) mass is 589 g/mol. The van der Waals surface area contributed by atoms with E-state index in [1.165, 1.54) is 95.5 Å². The predicted octanol–water partition coefficient (Wildman–Crippen LogP) is 11.8. The molecule has 0 aliphatic heterocycles. The van der Waals surface area contributed by atoms with Gasteiger partial charge >= 0.3 is 0 Å². The first kappa shape index (κ1) is 37.8. The largest absolute Gasteiger partial charge is 0.393 e. The van der Waals surface area contributed by atoms with Gasteiger partial charge in [0.15, 0.2) is 0 Å². The Balaban J connectivity index is 1.49. The summed E-state index contributed by atoms with van der Waals surface area (Å²) in [4.78, 5) is 0. The standard InChI is InChI=1S/C40H76O2/c1-29(17-13-19-31(3)21-23-37-33(5)25-35(41)27-39(37,7)8)15-11-12-16-30(2)18-14-20-32(4)22-24-38-34(6)26-36(42)28-40(38,9)10/h25,29-32,34-38,41-42H,11-24,26-28H2,1-10H3/t29-,30+,31+,32-,34+,35-,36-,37-,38-/m1/s1. The number of aliphatic hydroxyl groups excluding tert-OH is 2. The summed E-state index contributed by atoms with van der Waals surface area (Å²) in [5.74, 6) is 5.46. The molecule has 0 aromatic heterocycles. The van der Waals surface area contributed by atoms with E-state index in [2.05, 4.69) is 75.3 Å². The number of allylic oxidation sites excluding steroid dienone is 1. The van der Waals surface area contributed by atoms with Gasteiger partial charge in [-0.25, -0.2) is 0 Å². The molecule has 0 spiro atoms. The second-order valence-corrected chi connectivity index (χ2v) is 17.6. The summed E-state index contributed by atoms with van der Waals surface area (Å²) in [6.07, 6.45) is 24.0. The molecule has 42 heavy (non-hydrogen) atoms. The Morgan fingerprint density at radius 3 is 1.60 bits per heavy atom. The van der Waals surface area contributed by atoms with Crippen molar-refractivity contribution in [3.8, 4) is 0 Å². The zero-order valence-electron chi connectivity index (χ0n) is 30.2. The van der Waals surface area contributed by atoms with Crippen LogP contribution >= 0.6 is 0 Å². The van der Waals surface area contributed by atoms with Crippen molar-refractivity contribution in [2.24, 2.45) is 52.3 Å². The van der Waals surface area contributed by atoms with Crippen LogP contribution in [-0.4, -0.2) is 22.4 Å². The van der Waals surface area contributed by atoms with E-state index in [-0.39, 0.29) is 23.0 Å². The Hall–Kier alpha value is -0.340. The molecular formula is C40H76O2. The summed E-state index contributed by atoms with van der Waals surface area (Å²) in [5.41, 5.74) is 1.92. The minimum Gasteiger partial charge on any atom is -0.393 e. The van der Waals surface area contributed by atoms with Gasteiger partial charge in [0.05, 0.1) is 12.2 Å². The lowest BCUT2D eigenvalue weighted by molar-refractivity contribution is -0.0174. The van der Waals surface area contributed by atoms with Crippen LogP contribution < -0.4 is 0 Å². The molecule has 1 saturated carbocycles. The number of aliphatic hydroxyl groups is 2. The first-order valence-electron chi connectivity index (χ1n) is 18.6. The molecule has 0 unspecified atom stereocenters. The van der Waals surface area contributed by atoms with E-state index in [9.17, 15) is 10.2 Å². The molecule has 1 fully saturated rings. The SMILES string of the molecule is CC1=C[C@@H](O)CC(C)(C)[C@@H]1CC[C@@H](C)CCC[C@H](C)CCCC[C@H](C)CCC[C@@H](C)CC[C@@H]1[C@@H](C)C[C@@H](O)CC1(C)C. The molecule has 2 heteroatoms. The van der Waals surface area contributed by atoms with Gasteiger partial charge in [0.25, 0.3) is 0 Å². The van der Waals surface area contributed by atoms with Crippen molar-refractivity contribution in [1.82, 2.24) is 0 Å². The van der Waals surface area contributed by atoms with Gasteiger partial charge in [-0.15, -0.1) is 0 Å². The first-order valence-corrected chi connectivity index (χ1v) is 18.6. The molecule has 0 aromatic carbocycles.